The molecule has 1 aliphatic rings. The Bertz CT molecular complexity index is 1850. The van der Waals surface area contributed by atoms with Crippen LogP contribution in [-0.4, -0.2) is 29.2 Å². The highest BCUT2D eigenvalue weighted by atomic mass is 32.1. The minimum atomic E-state index is -0.709. The molecule has 0 amide bonds. The molecule has 0 fully saturated rings. The third-order valence-corrected chi connectivity index (χ3v) is 7.45. The van der Waals surface area contributed by atoms with Gasteiger partial charge in [0.1, 0.15) is 17.3 Å². The average Bonchev–Trinajstić information content (AvgIpc) is 3.52. The van der Waals surface area contributed by atoms with Gasteiger partial charge >= 0.3 is 5.97 Å². The number of fused-ring (bicyclic) bond motifs is 1. The second kappa shape index (κ2) is 10.8. The molecule has 0 spiro atoms. The van der Waals surface area contributed by atoms with Crippen LogP contribution in [0.3, 0.4) is 0 Å². The highest BCUT2D eigenvalue weighted by molar-refractivity contribution is 7.07. The van der Waals surface area contributed by atoms with E-state index in [4.69, 9.17) is 13.9 Å². The van der Waals surface area contributed by atoms with Crippen molar-refractivity contribution in [3.63, 3.8) is 0 Å². The minimum Gasteiger partial charge on any atom is -0.496 e. The number of aromatic nitrogens is 1. The van der Waals surface area contributed by atoms with Gasteiger partial charge in [0.15, 0.2) is 4.80 Å². The molecule has 0 radical (unpaired) electrons. The first-order valence-corrected chi connectivity index (χ1v) is 13.2. The van der Waals surface area contributed by atoms with E-state index in [0.29, 0.717) is 43.4 Å². The van der Waals surface area contributed by atoms with Crippen LogP contribution < -0.4 is 19.6 Å². The van der Waals surface area contributed by atoms with Gasteiger partial charge in [-0.15, -0.1) is 0 Å². The van der Waals surface area contributed by atoms with E-state index in [9.17, 15) is 19.7 Å². The van der Waals surface area contributed by atoms with E-state index in [1.54, 1.807) is 32.1 Å². The Kier molecular flexibility index (Phi) is 7.22. The molecule has 204 valence electrons. The number of nitro benzene ring substituents is 1. The summed E-state index contributed by atoms with van der Waals surface area (Å²) in [5.41, 5.74) is 2.56. The van der Waals surface area contributed by atoms with Crippen LogP contribution in [0.4, 0.5) is 5.69 Å². The summed E-state index contributed by atoms with van der Waals surface area (Å²) in [5.74, 6) is 0.593. The molecule has 40 heavy (non-hydrogen) atoms. The van der Waals surface area contributed by atoms with Crippen LogP contribution in [0.2, 0.25) is 0 Å². The standard InChI is InChI=1S/C29H25N3O7S/c1-5-38-28(34)25-17(3)30-29-31(26(25)18-8-6-16(2)7-9-18)27(33)24(40-29)15-20-11-13-23(39-20)21-14-19(32(35)36)10-12-22(21)37-4/h6-15,26H,5H2,1-4H3/b24-15-/t26-/m0/s1. The van der Waals surface area contributed by atoms with Crippen molar-refractivity contribution in [2.24, 2.45) is 4.99 Å². The highest BCUT2D eigenvalue weighted by Gasteiger charge is 2.33. The number of benzene rings is 2. The molecule has 0 bridgehead atoms. The van der Waals surface area contributed by atoms with E-state index >= 15 is 0 Å². The molecule has 10 nitrogen and oxygen atoms in total. The number of aryl methyl sites for hydroxylation is 1. The number of thiazole rings is 1. The second-order valence-electron chi connectivity index (χ2n) is 9.06. The molecule has 0 saturated heterocycles. The zero-order valence-corrected chi connectivity index (χ0v) is 23.0. The minimum absolute atomic E-state index is 0.106. The lowest BCUT2D eigenvalue weighted by Crippen LogP contribution is -2.39. The third-order valence-electron chi connectivity index (χ3n) is 6.47. The molecule has 1 aliphatic heterocycles. The van der Waals surface area contributed by atoms with Crippen LogP contribution in [0.25, 0.3) is 17.4 Å². The predicted octanol–water partition coefficient (Wildman–Crippen LogP) is 4.28. The van der Waals surface area contributed by atoms with Gasteiger partial charge in [-0.2, -0.15) is 0 Å². The fraction of sp³-hybridized carbons (Fsp3) is 0.207. The van der Waals surface area contributed by atoms with Crippen molar-refractivity contribution < 1.29 is 23.6 Å². The number of nitrogens with zero attached hydrogens (tertiary/aromatic N) is 3. The maximum absolute atomic E-state index is 13.8. The third kappa shape index (κ3) is 4.87. The topological polar surface area (TPSA) is 126 Å². The summed E-state index contributed by atoms with van der Waals surface area (Å²) in [5, 5.41) is 11.3. The monoisotopic (exact) mass is 559 g/mol. The van der Waals surface area contributed by atoms with Crippen molar-refractivity contribution in [3.05, 3.63) is 113 Å². The molecule has 2 aromatic carbocycles. The number of non-ortho nitro benzene ring substituents is 1. The number of allylic oxidation sites excluding steroid dienone is 1. The summed E-state index contributed by atoms with van der Waals surface area (Å²) in [6.07, 6.45) is 1.59. The maximum Gasteiger partial charge on any atom is 0.338 e. The lowest BCUT2D eigenvalue weighted by Gasteiger charge is -2.24. The van der Waals surface area contributed by atoms with Crippen LogP contribution in [0, 0.1) is 17.0 Å². The van der Waals surface area contributed by atoms with Crippen molar-refractivity contribution in [2.45, 2.75) is 26.8 Å². The van der Waals surface area contributed by atoms with E-state index in [-0.39, 0.29) is 17.9 Å². The summed E-state index contributed by atoms with van der Waals surface area (Å²) < 4.78 is 18.5. The molecule has 1 atom stereocenters. The molecule has 0 aliphatic carbocycles. The summed E-state index contributed by atoms with van der Waals surface area (Å²) in [6.45, 7) is 5.61. The summed E-state index contributed by atoms with van der Waals surface area (Å²) in [4.78, 5) is 42.6. The number of methoxy groups -OCH3 is 1. The van der Waals surface area contributed by atoms with Gasteiger partial charge in [-0.05, 0) is 44.5 Å². The van der Waals surface area contributed by atoms with Crippen LogP contribution in [0.1, 0.15) is 36.8 Å². The first-order valence-electron chi connectivity index (χ1n) is 12.4. The maximum atomic E-state index is 13.8. The predicted molar refractivity (Wildman–Crippen MR) is 149 cm³/mol. The molecule has 0 unspecified atom stereocenters. The van der Waals surface area contributed by atoms with Gasteiger partial charge in [0.2, 0.25) is 0 Å². The molecule has 0 saturated carbocycles. The number of ether oxygens (including phenoxy) is 2. The van der Waals surface area contributed by atoms with Gasteiger partial charge in [-0.1, -0.05) is 41.2 Å². The lowest BCUT2D eigenvalue weighted by atomic mass is 9.95. The van der Waals surface area contributed by atoms with E-state index in [1.165, 1.54) is 41.2 Å². The molecule has 4 aromatic rings. The smallest absolute Gasteiger partial charge is 0.338 e. The summed E-state index contributed by atoms with van der Waals surface area (Å²) in [7, 11) is 1.46. The SMILES string of the molecule is CCOC(=O)C1=C(C)N=c2s/c(=C\c3ccc(-c4cc([N+](=O)[O-])ccc4OC)o3)c(=O)n2[C@H]1c1ccc(C)cc1. The zero-order chi connectivity index (χ0) is 28.6. The first-order chi connectivity index (χ1) is 19.2. The molecule has 3 heterocycles. The van der Waals surface area contributed by atoms with Gasteiger partial charge in [0, 0.05) is 18.2 Å². The molecule has 0 N–H and O–H groups in total. The molecule has 5 rings (SSSR count). The summed E-state index contributed by atoms with van der Waals surface area (Å²) >= 11 is 1.18. The fourth-order valence-electron chi connectivity index (χ4n) is 4.56. The van der Waals surface area contributed by atoms with Crippen LogP contribution in [0.5, 0.6) is 5.75 Å². The Hall–Kier alpha value is -4.77. The molecular formula is C29H25N3O7S. The van der Waals surface area contributed by atoms with Gasteiger partial charge in [0.25, 0.3) is 11.2 Å². The van der Waals surface area contributed by atoms with Crippen LogP contribution in [0.15, 0.2) is 80.1 Å². The van der Waals surface area contributed by atoms with Gasteiger partial charge in [-0.3, -0.25) is 19.5 Å². The Morgan fingerprint density at radius 2 is 1.93 bits per heavy atom. The summed E-state index contributed by atoms with van der Waals surface area (Å²) in [6, 6.07) is 14.5. The molecule has 2 aromatic heterocycles. The van der Waals surface area contributed by atoms with Crippen molar-refractivity contribution >= 4 is 29.1 Å². The number of nitro groups is 1. The van der Waals surface area contributed by atoms with Crippen LogP contribution >= 0.6 is 11.3 Å². The quantitative estimate of drug-likeness (QED) is 0.188. The van der Waals surface area contributed by atoms with Gasteiger partial charge < -0.3 is 13.9 Å². The number of hydrogen-bond acceptors (Lipinski definition) is 9. The largest absolute Gasteiger partial charge is 0.496 e. The second-order valence-corrected chi connectivity index (χ2v) is 10.1. The molecule has 11 heteroatoms. The van der Waals surface area contributed by atoms with Gasteiger partial charge in [-0.25, -0.2) is 9.79 Å². The number of furan rings is 1. The number of rotatable bonds is 7. The average molecular weight is 560 g/mol. The lowest BCUT2D eigenvalue weighted by molar-refractivity contribution is -0.384. The Balaban J connectivity index is 1.63. The van der Waals surface area contributed by atoms with Crippen molar-refractivity contribution in [2.75, 3.05) is 13.7 Å². The van der Waals surface area contributed by atoms with Crippen molar-refractivity contribution in [3.8, 4) is 17.1 Å². The van der Waals surface area contributed by atoms with Crippen molar-refractivity contribution in [1.82, 2.24) is 4.57 Å². The fourth-order valence-corrected chi connectivity index (χ4v) is 5.59. The zero-order valence-electron chi connectivity index (χ0n) is 22.2. The highest BCUT2D eigenvalue weighted by Crippen LogP contribution is 2.35. The number of esters is 1. The van der Waals surface area contributed by atoms with Crippen molar-refractivity contribution in [1.29, 1.82) is 0 Å². The van der Waals surface area contributed by atoms with E-state index in [0.717, 1.165) is 11.1 Å². The van der Waals surface area contributed by atoms with E-state index in [1.807, 2.05) is 31.2 Å². The van der Waals surface area contributed by atoms with Gasteiger partial charge in [0.05, 0.1) is 46.0 Å². The van der Waals surface area contributed by atoms with E-state index in [2.05, 4.69) is 4.99 Å². The Labute approximate surface area is 232 Å². The normalized spacial score (nSPS) is 15.0. The Morgan fingerprint density at radius 1 is 1.18 bits per heavy atom. The van der Waals surface area contributed by atoms with Crippen LogP contribution in [-0.2, 0) is 9.53 Å². The number of carbonyl (C=O) groups is 1. The number of carbonyl (C=O) groups excluding carboxylic acids is 1. The Morgan fingerprint density at radius 3 is 2.60 bits per heavy atom. The van der Waals surface area contributed by atoms with E-state index < -0.39 is 16.9 Å². The first kappa shape index (κ1) is 26.8. The molecular weight excluding hydrogens is 534 g/mol. The number of hydrogen-bond donors (Lipinski definition) is 0.